The highest BCUT2D eigenvalue weighted by Gasteiger charge is 2.24. The summed E-state index contributed by atoms with van der Waals surface area (Å²) >= 11 is 0. The van der Waals surface area contributed by atoms with Crippen LogP contribution >= 0.6 is 0 Å². The fraction of sp³-hybridized carbons (Fsp3) is 0.111. The number of halogens is 1. The Morgan fingerprint density at radius 1 is 1.14 bits per heavy atom. The van der Waals surface area contributed by atoms with Crippen LogP contribution in [0.3, 0.4) is 0 Å². The number of hydrogen-bond acceptors (Lipinski definition) is 3. The average molecular weight is 295 g/mol. The van der Waals surface area contributed by atoms with E-state index >= 15 is 0 Å². The van der Waals surface area contributed by atoms with Crippen molar-refractivity contribution in [2.75, 3.05) is 0 Å². The fourth-order valence-corrected chi connectivity index (χ4v) is 2.22. The first-order valence-electron chi connectivity index (χ1n) is 6.89. The van der Waals surface area contributed by atoms with Crippen molar-refractivity contribution in [1.29, 1.82) is 0 Å². The molecule has 0 aromatic heterocycles. The molecule has 0 unspecified atom stereocenters. The van der Waals surface area contributed by atoms with Gasteiger partial charge in [0.2, 0.25) is 5.90 Å². The van der Waals surface area contributed by atoms with E-state index < -0.39 is 11.8 Å². The highest BCUT2D eigenvalue weighted by Crippen LogP contribution is 2.21. The van der Waals surface area contributed by atoms with Gasteiger partial charge in [-0.25, -0.2) is 14.2 Å². The SMILES string of the molecule is Cc1ccc(C)c(/C=C2/N=C(c3cccc(F)c3)OC2=O)c1. The molecule has 1 heterocycles. The molecule has 2 aromatic rings. The van der Waals surface area contributed by atoms with Gasteiger partial charge in [0.1, 0.15) is 5.82 Å². The summed E-state index contributed by atoms with van der Waals surface area (Å²) in [6.45, 7) is 3.94. The monoisotopic (exact) mass is 295 g/mol. The Morgan fingerprint density at radius 3 is 2.73 bits per heavy atom. The van der Waals surface area contributed by atoms with Crippen molar-refractivity contribution in [3.63, 3.8) is 0 Å². The van der Waals surface area contributed by atoms with Crippen molar-refractivity contribution in [3.05, 3.63) is 76.2 Å². The van der Waals surface area contributed by atoms with Crippen LogP contribution in [0.2, 0.25) is 0 Å². The molecule has 3 nitrogen and oxygen atoms in total. The minimum atomic E-state index is -0.528. The van der Waals surface area contributed by atoms with Crippen LogP contribution in [0.4, 0.5) is 4.39 Å². The smallest absolute Gasteiger partial charge is 0.363 e. The van der Waals surface area contributed by atoms with Gasteiger partial charge in [0.25, 0.3) is 0 Å². The number of nitrogens with zero attached hydrogens (tertiary/aromatic N) is 1. The van der Waals surface area contributed by atoms with Crippen molar-refractivity contribution in [2.45, 2.75) is 13.8 Å². The summed E-state index contributed by atoms with van der Waals surface area (Å²) in [7, 11) is 0. The number of aliphatic imine (C=N–C) groups is 1. The molecule has 0 fully saturated rings. The quantitative estimate of drug-likeness (QED) is 0.624. The van der Waals surface area contributed by atoms with E-state index in [2.05, 4.69) is 4.99 Å². The molecule has 4 heteroatoms. The molecule has 0 spiro atoms. The van der Waals surface area contributed by atoms with Crippen molar-refractivity contribution < 1.29 is 13.9 Å². The Bertz CT molecular complexity index is 822. The molecule has 1 aliphatic heterocycles. The predicted octanol–water partition coefficient (Wildman–Crippen LogP) is 3.79. The van der Waals surface area contributed by atoms with Gasteiger partial charge in [0.15, 0.2) is 5.70 Å². The summed E-state index contributed by atoms with van der Waals surface area (Å²) in [5, 5.41) is 0. The molecule has 0 amide bonds. The molecule has 1 aliphatic rings. The van der Waals surface area contributed by atoms with E-state index in [1.54, 1.807) is 18.2 Å². The Balaban J connectivity index is 1.99. The number of rotatable bonds is 2. The number of carbonyl (C=O) groups is 1. The molecule has 3 rings (SSSR count). The maximum Gasteiger partial charge on any atom is 0.363 e. The summed E-state index contributed by atoms with van der Waals surface area (Å²) < 4.78 is 18.4. The highest BCUT2D eigenvalue weighted by molar-refractivity contribution is 6.12. The standard InChI is InChI=1S/C18H14FNO2/c1-11-6-7-12(2)14(8-11)10-16-18(21)22-17(20-16)13-4-3-5-15(19)9-13/h3-10H,1-2H3/b16-10+. The van der Waals surface area contributed by atoms with Crippen LogP contribution in [0.15, 0.2) is 53.2 Å². The summed E-state index contributed by atoms with van der Waals surface area (Å²) in [5.74, 6) is -0.801. The normalized spacial score (nSPS) is 15.9. The Labute approximate surface area is 127 Å². The number of hydrogen-bond donors (Lipinski definition) is 0. The zero-order chi connectivity index (χ0) is 15.7. The summed E-state index contributed by atoms with van der Waals surface area (Å²) in [6, 6.07) is 11.8. The molecule has 0 N–H and O–H groups in total. The molecule has 0 saturated carbocycles. The molecule has 0 atom stereocenters. The first-order valence-corrected chi connectivity index (χ1v) is 6.89. The largest absolute Gasteiger partial charge is 0.402 e. The van der Waals surface area contributed by atoms with E-state index in [4.69, 9.17) is 4.74 Å². The molecule has 0 saturated heterocycles. The Hall–Kier alpha value is -2.75. The summed E-state index contributed by atoms with van der Waals surface area (Å²) in [6.07, 6.45) is 1.69. The van der Waals surface area contributed by atoms with E-state index in [1.165, 1.54) is 12.1 Å². The van der Waals surface area contributed by atoms with Crippen molar-refractivity contribution in [3.8, 4) is 0 Å². The van der Waals surface area contributed by atoms with Crippen LogP contribution in [-0.2, 0) is 9.53 Å². The van der Waals surface area contributed by atoms with Gasteiger partial charge in [0.05, 0.1) is 0 Å². The van der Waals surface area contributed by atoms with Crippen molar-refractivity contribution in [1.82, 2.24) is 0 Å². The number of benzene rings is 2. The van der Waals surface area contributed by atoms with Gasteiger partial charge < -0.3 is 4.74 Å². The molecule has 2 aromatic carbocycles. The van der Waals surface area contributed by atoms with Gasteiger partial charge in [-0.1, -0.05) is 29.8 Å². The van der Waals surface area contributed by atoms with E-state index in [1.807, 2.05) is 32.0 Å². The summed E-state index contributed by atoms with van der Waals surface area (Å²) in [4.78, 5) is 16.1. The zero-order valence-electron chi connectivity index (χ0n) is 12.3. The summed E-state index contributed by atoms with van der Waals surface area (Å²) in [5.41, 5.74) is 3.71. The van der Waals surface area contributed by atoms with Crippen LogP contribution < -0.4 is 0 Å². The first kappa shape index (κ1) is 14.2. The number of ether oxygens (including phenoxy) is 1. The van der Waals surface area contributed by atoms with Gasteiger partial charge in [-0.05, 0) is 49.2 Å². The van der Waals surface area contributed by atoms with Gasteiger partial charge in [-0.15, -0.1) is 0 Å². The number of aryl methyl sites for hydroxylation is 2. The third-order valence-corrected chi connectivity index (χ3v) is 3.42. The number of cyclic esters (lactones) is 1. The third-order valence-electron chi connectivity index (χ3n) is 3.42. The molecular formula is C18H14FNO2. The molecule has 110 valence electrons. The maximum absolute atomic E-state index is 13.2. The van der Waals surface area contributed by atoms with Crippen LogP contribution in [-0.4, -0.2) is 11.9 Å². The molecule has 0 radical (unpaired) electrons. The second-order valence-corrected chi connectivity index (χ2v) is 5.21. The predicted molar refractivity (Wildman–Crippen MR) is 82.9 cm³/mol. The van der Waals surface area contributed by atoms with Gasteiger partial charge in [0, 0.05) is 5.56 Å². The zero-order valence-corrected chi connectivity index (χ0v) is 12.3. The van der Waals surface area contributed by atoms with Gasteiger partial charge >= 0.3 is 5.97 Å². The molecule has 22 heavy (non-hydrogen) atoms. The van der Waals surface area contributed by atoms with E-state index in [0.29, 0.717) is 5.56 Å². The van der Waals surface area contributed by atoms with Crippen molar-refractivity contribution >= 4 is 17.9 Å². The van der Waals surface area contributed by atoms with Gasteiger partial charge in [-0.3, -0.25) is 0 Å². The topological polar surface area (TPSA) is 38.7 Å². The lowest BCUT2D eigenvalue weighted by Gasteiger charge is -2.01. The second-order valence-electron chi connectivity index (χ2n) is 5.21. The van der Waals surface area contributed by atoms with E-state index in [9.17, 15) is 9.18 Å². The lowest BCUT2D eigenvalue weighted by molar-refractivity contribution is -0.129. The molecule has 0 aliphatic carbocycles. The lowest BCUT2D eigenvalue weighted by atomic mass is 10.0. The lowest BCUT2D eigenvalue weighted by Crippen LogP contribution is -2.05. The highest BCUT2D eigenvalue weighted by atomic mass is 19.1. The van der Waals surface area contributed by atoms with E-state index in [0.717, 1.165) is 16.7 Å². The third kappa shape index (κ3) is 2.81. The minimum absolute atomic E-state index is 0.126. The van der Waals surface area contributed by atoms with Crippen LogP contribution in [0.1, 0.15) is 22.3 Å². The van der Waals surface area contributed by atoms with Gasteiger partial charge in [-0.2, -0.15) is 0 Å². The number of esters is 1. The molecular weight excluding hydrogens is 281 g/mol. The Kier molecular flexibility index (Phi) is 3.59. The average Bonchev–Trinajstić information content (AvgIpc) is 2.84. The Morgan fingerprint density at radius 2 is 1.95 bits per heavy atom. The maximum atomic E-state index is 13.2. The van der Waals surface area contributed by atoms with Crippen LogP contribution in [0.25, 0.3) is 6.08 Å². The van der Waals surface area contributed by atoms with Crippen LogP contribution in [0, 0.1) is 19.7 Å². The fourth-order valence-electron chi connectivity index (χ4n) is 2.22. The van der Waals surface area contributed by atoms with Crippen molar-refractivity contribution in [2.24, 2.45) is 4.99 Å². The number of carbonyl (C=O) groups excluding carboxylic acids is 1. The first-order chi connectivity index (χ1) is 10.5. The van der Waals surface area contributed by atoms with Crippen LogP contribution in [0.5, 0.6) is 0 Å². The second kappa shape index (κ2) is 5.56. The molecule has 0 bridgehead atoms. The minimum Gasteiger partial charge on any atom is -0.402 e. The van der Waals surface area contributed by atoms with E-state index in [-0.39, 0.29) is 11.6 Å².